The van der Waals surface area contributed by atoms with E-state index in [2.05, 4.69) is 16.2 Å². The number of para-hydroxylation sites is 1. The summed E-state index contributed by atoms with van der Waals surface area (Å²) in [4.78, 5) is 11.3. The van der Waals surface area contributed by atoms with Crippen LogP contribution in [0.4, 0.5) is 0 Å². The number of carbonyl (C=O) groups excluding carboxylic acids is 1. The molecule has 0 fully saturated rings. The van der Waals surface area contributed by atoms with Crippen LogP contribution in [0, 0.1) is 0 Å². The lowest BCUT2D eigenvalue weighted by molar-refractivity contribution is -0.123. The molecule has 0 atom stereocenters. The van der Waals surface area contributed by atoms with E-state index >= 15 is 0 Å². The molecule has 6 heteroatoms. The molecule has 0 saturated heterocycles. The molecule has 1 rings (SSSR count). The van der Waals surface area contributed by atoms with Gasteiger partial charge in [-0.05, 0) is 31.3 Å². The van der Waals surface area contributed by atoms with Crippen molar-refractivity contribution < 1.29 is 9.53 Å². The first kappa shape index (κ1) is 13.2. The summed E-state index contributed by atoms with van der Waals surface area (Å²) in [6.45, 7) is 2.54. The molecule has 0 aliphatic heterocycles. The van der Waals surface area contributed by atoms with Crippen LogP contribution in [0.25, 0.3) is 0 Å². The number of ether oxygens (including phenoxy) is 1. The molecule has 5 nitrogen and oxygen atoms in total. The largest absolute Gasteiger partial charge is 0.484 e. The minimum atomic E-state index is -0.297. The van der Waals surface area contributed by atoms with Crippen molar-refractivity contribution in [3.63, 3.8) is 0 Å². The number of hydrogen-bond donors (Lipinski definition) is 3. The first-order valence-electron chi connectivity index (χ1n) is 5.23. The Morgan fingerprint density at radius 3 is 2.65 bits per heavy atom. The molecule has 0 heterocycles. The monoisotopic (exact) mass is 253 g/mol. The van der Waals surface area contributed by atoms with E-state index in [-0.39, 0.29) is 12.5 Å². The van der Waals surface area contributed by atoms with Gasteiger partial charge >= 0.3 is 0 Å². The summed E-state index contributed by atoms with van der Waals surface area (Å²) in [6.07, 6.45) is 0. The van der Waals surface area contributed by atoms with Gasteiger partial charge in [-0.2, -0.15) is 0 Å². The van der Waals surface area contributed by atoms with Gasteiger partial charge in [-0.25, -0.2) is 0 Å². The van der Waals surface area contributed by atoms with Crippen LogP contribution in [-0.4, -0.2) is 24.2 Å². The van der Waals surface area contributed by atoms with E-state index in [1.165, 1.54) is 0 Å². The van der Waals surface area contributed by atoms with Crippen LogP contribution >= 0.6 is 12.2 Å². The Kier molecular flexibility index (Phi) is 5.81. The van der Waals surface area contributed by atoms with Gasteiger partial charge in [-0.1, -0.05) is 18.2 Å². The molecule has 0 aromatic heterocycles. The fourth-order valence-corrected chi connectivity index (χ4v) is 1.23. The molecule has 0 aliphatic carbocycles. The van der Waals surface area contributed by atoms with Gasteiger partial charge in [0.05, 0.1) is 0 Å². The molecule has 0 bridgehead atoms. The summed E-state index contributed by atoms with van der Waals surface area (Å²) in [5.74, 6) is 0.353. The first-order chi connectivity index (χ1) is 8.22. The Labute approximate surface area is 106 Å². The summed E-state index contributed by atoms with van der Waals surface area (Å²) < 4.78 is 5.24. The van der Waals surface area contributed by atoms with E-state index in [4.69, 9.17) is 17.0 Å². The Balaban J connectivity index is 2.20. The Morgan fingerprint density at radius 2 is 2.00 bits per heavy atom. The zero-order chi connectivity index (χ0) is 12.5. The molecular weight excluding hydrogens is 238 g/mol. The molecule has 0 spiro atoms. The Morgan fingerprint density at radius 1 is 1.29 bits per heavy atom. The lowest BCUT2D eigenvalue weighted by Crippen LogP contribution is -2.48. The summed E-state index contributed by atoms with van der Waals surface area (Å²) in [5, 5.41) is 3.21. The molecule has 0 aliphatic rings. The van der Waals surface area contributed by atoms with Crippen LogP contribution in [0.2, 0.25) is 0 Å². The fraction of sp³-hybridized carbons (Fsp3) is 0.273. The number of carbonyl (C=O) groups is 1. The van der Waals surface area contributed by atoms with E-state index in [0.29, 0.717) is 17.4 Å². The van der Waals surface area contributed by atoms with Crippen LogP contribution in [0.15, 0.2) is 30.3 Å². The normalized spacial score (nSPS) is 9.24. The number of amides is 1. The van der Waals surface area contributed by atoms with Crippen molar-refractivity contribution in [1.29, 1.82) is 0 Å². The van der Waals surface area contributed by atoms with Crippen molar-refractivity contribution in [2.75, 3.05) is 13.2 Å². The SMILES string of the molecule is CCNC(=S)NNC(=O)COc1ccccc1. The highest BCUT2D eigenvalue weighted by atomic mass is 32.1. The van der Waals surface area contributed by atoms with Gasteiger partial charge in [-0.15, -0.1) is 0 Å². The van der Waals surface area contributed by atoms with E-state index in [0.717, 1.165) is 0 Å². The highest BCUT2D eigenvalue weighted by molar-refractivity contribution is 7.80. The van der Waals surface area contributed by atoms with Gasteiger partial charge in [0, 0.05) is 6.54 Å². The van der Waals surface area contributed by atoms with Gasteiger partial charge in [0.25, 0.3) is 5.91 Å². The molecule has 3 N–H and O–H groups in total. The molecule has 1 amide bonds. The van der Waals surface area contributed by atoms with Crippen LogP contribution < -0.4 is 20.9 Å². The van der Waals surface area contributed by atoms with Crippen molar-refractivity contribution >= 4 is 23.2 Å². The summed E-state index contributed by atoms with van der Waals surface area (Å²) in [5.41, 5.74) is 4.98. The van der Waals surface area contributed by atoms with E-state index in [1.807, 2.05) is 25.1 Å². The Hall–Kier alpha value is -1.82. The second-order valence-electron chi connectivity index (χ2n) is 3.13. The van der Waals surface area contributed by atoms with E-state index < -0.39 is 0 Å². The minimum absolute atomic E-state index is 0.0637. The lowest BCUT2D eigenvalue weighted by Gasteiger charge is -2.10. The maximum atomic E-state index is 11.3. The molecule has 1 aromatic rings. The third-order valence-corrected chi connectivity index (χ3v) is 2.01. The van der Waals surface area contributed by atoms with Crippen molar-refractivity contribution in [2.24, 2.45) is 0 Å². The second kappa shape index (κ2) is 7.45. The van der Waals surface area contributed by atoms with E-state index in [9.17, 15) is 4.79 Å². The highest BCUT2D eigenvalue weighted by Gasteiger charge is 2.02. The highest BCUT2D eigenvalue weighted by Crippen LogP contribution is 2.07. The van der Waals surface area contributed by atoms with Gasteiger partial charge in [0.2, 0.25) is 0 Å². The fourth-order valence-electron chi connectivity index (χ4n) is 1.03. The van der Waals surface area contributed by atoms with Gasteiger partial charge < -0.3 is 10.1 Å². The summed E-state index contributed by atoms with van der Waals surface area (Å²) >= 11 is 4.87. The van der Waals surface area contributed by atoms with Crippen LogP contribution in [0.3, 0.4) is 0 Å². The predicted octanol–water partition coefficient (Wildman–Crippen LogP) is 0.581. The van der Waals surface area contributed by atoms with Crippen molar-refractivity contribution in [3.05, 3.63) is 30.3 Å². The number of thiocarbonyl (C=S) groups is 1. The Bertz CT molecular complexity index is 370. The maximum absolute atomic E-state index is 11.3. The molecular formula is C11H15N3O2S. The summed E-state index contributed by atoms with van der Waals surface area (Å²) in [6, 6.07) is 9.12. The standard InChI is InChI=1S/C11H15N3O2S/c1-2-12-11(17)14-13-10(15)8-16-9-6-4-3-5-7-9/h3-7H,2,8H2,1H3,(H,13,15)(H2,12,14,17). The smallest absolute Gasteiger partial charge is 0.276 e. The van der Waals surface area contributed by atoms with Crippen molar-refractivity contribution in [3.8, 4) is 5.75 Å². The topological polar surface area (TPSA) is 62.4 Å². The molecule has 17 heavy (non-hydrogen) atoms. The number of rotatable bonds is 4. The average molecular weight is 253 g/mol. The number of nitrogens with one attached hydrogen (secondary N) is 3. The maximum Gasteiger partial charge on any atom is 0.276 e. The predicted molar refractivity (Wildman–Crippen MR) is 69.5 cm³/mol. The van der Waals surface area contributed by atoms with Crippen LogP contribution in [0.1, 0.15) is 6.92 Å². The zero-order valence-corrected chi connectivity index (χ0v) is 10.3. The number of benzene rings is 1. The van der Waals surface area contributed by atoms with Crippen LogP contribution in [-0.2, 0) is 4.79 Å². The zero-order valence-electron chi connectivity index (χ0n) is 9.53. The molecule has 92 valence electrons. The first-order valence-corrected chi connectivity index (χ1v) is 5.63. The summed E-state index contributed by atoms with van der Waals surface area (Å²) in [7, 11) is 0. The van der Waals surface area contributed by atoms with Gasteiger partial charge in [0.1, 0.15) is 5.75 Å². The number of hydrogen-bond acceptors (Lipinski definition) is 3. The third-order valence-electron chi connectivity index (χ3n) is 1.77. The van der Waals surface area contributed by atoms with Gasteiger partial charge in [-0.3, -0.25) is 15.6 Å². The average Bonchev–Trinajstić information content (AvgIpc) is 2.35. The minimum Gasteiger partial charge on any atom is -0.484 e. The second-order valence-corrected chi connectivity index (χ2v) is 3.54. The van der Waals surface area contributed by atoms with Gasteiger partial charge in [0.15, 0.2) is 11.7 Å². The molecule has 0 saturated carbocycles. The lowest BCUT2D eigenvalue weighted by atomic mass is 10.3. The number of hydrazine groups is 1. The molecule has 0 unspecified atom stereocenters. The quantitative estimate of drug-likeness (QED) is 0.541. The van der Waals surface area contributed by atoms with Crippen molar-refractivity contribution in [1.82, 2.24) is 16.2 Å². The molecule has 0 radical (unpaired) electrons. The van der Waals surface area contributed by atoms with Crippen LogP contribution in [0.5, 0.6) is 5.75 Å². The third kappa shape index (κ3) is 5.72. The molecule has 1 aromatic carbocycles. The van der Waals surface area contributed by atoms with Crippen molar-refractivity contribution in [2.45, 2.75) is 6.92 Å². The van der Waals surface area contributed by atoms with E-state index in [1.54, 1.807) is 12.1 Å².